The summed E-state index contributed by atoms with van der Waals surface area (Å²) < 4.78 is 0. The Morgan fingerprint density at radius 3 is 2.29 bits per heavy atom. The molecule has 0 unspecified atom stereocenters. The highest BCUT2D eigenvalue weighted by molar-refractivity contribution is 6.52. The fourth-order valence-electron chi connectivity index (χ4n) is 0.779. The highest BCUT2D eigenvalue weighted by atomic mass is 35.5. The third kappa shape index (κ3) is 2.55. The van der Waals surface area contributed by atoms with E-state index in [-0.39, 0.29) is 26.8 Å². The van der Waals surface area contributed by atoms with Crippen LogP contribution in [0.5, 0.6) is 0 Å². The number of hydrogen-bond donors (Lipinski definition) is 2. The summed E-state index contributed by atoms with van der Waals surface area (Å²) in [5.74, 6) is 0.306. The van der Waals surface area contributed by atoms with Crippen LogP contribution in [0, 0.1) is 0 Å². The average Bonchev–Trinajstić information content (AvgIpc) is 2.18. The lowest BCUT2D eigenvalue weighted by atomic mass is 10.4. The maximum absolute atomic E-state index is 8.59. The van der Waals surface area contributed by atoms with E-state index in [1.807, 2.05) is 0 Å². The van der Waals surface area contributed by atoms with Crippen LogP contribution in [-0.4, -0.2) is 23.2 Å². The van der Waals surface area contributed by atoms with E-state index in [0.717, 1.165) is 0 Å². The van der Waals surface area contributed by atoms with Gasteiger partial charge in [0.15, 0.2) is 5.15 Å². The smallest absolute Gasteiger partial charge is 0.151 e. The van der Waals surface area contributed by atoms with E-state index >= 15 is 0 Å². The number of aliphatic hydroxyl groups excluding tert-OH is 1. The van der Waals surface area contributed by atoms with E-state index < -0.39 is 0 Å². The van der Waals surface area contributed by atoms with Crippen molar-refractivity contribution in [1.29, 1.82) is 0 Å². The van der Waals surface area contributed by atoms with Gasteiger partial charge < -0.3 is 10.4 Å². The van der Waals surface area contributed by atoms with Crippen molar-refractivity contribution in [2.45, 2.75) is 0 Å². The molecule has 78 valence electrons. The zero-order valence-electron chi connectivity index (χ0n) is 6.82. The monoisotopic (exact) mass is 274 g/mol. The van der Waals surface area contributed by atoms with Gasteiger partial charge in [-0.1, -0.05) is 46.4 Å². The summed E-state index contributed by atoms with van der Waals surface area (Å²) in [5, 5.41) is 11.9. The van der Waals surface area contributed by atoms with Crippen molar-refractivity contribution in [2.75, 3.05) is 18.5 Å². The Hall–Kier alpha value is 0.0700. The minimum atomic E-state index is -0.0458. The third-order valence-electron chi connectivity index (χ3n) is 1.39. The van der Waals surface area contributed by atoms with E-state index in [2.05, 4.69) is 10.3 Å². The lowest BCUT2D eigenvalue weighted by Gasteiger charge is -2.08. The first-order chi connectivity index (χ1) is 6.57. The Morgan fingerprint density at radius 2 is 1.71 bits per heavy atom. The maximum atomic E-state index is 8.59. The maximum Gasteiger partial charge on any atom is 0.151 e. The number of pyridine rings is 1. The molecule has 0 aliphatic heterocycles. The van der Waals surface area contributed by atoms with Crippen LogP contribution in [0.25, 0.3) is 0 Å². The lowest BCUT2D eigenvalue weighted by Crippen LogP contribution is -2.07. The summed E-state index contributed by atoms with van der Waals surface area (Å²) in [7, 11) is 0. The largest absolute Gasteiger partial charge is 0.395 e. The Labute approximate surface area is 101 Å². The topological polar surface area (TPSA) is 45.1 Å². The van der Waals surface area contributed by atoms with Crippen LogP contribution >= 0.6 is 46.4 Å². The summed E-state index contributed by atoms with van der Waals surface area (Å²) in [4.78, 5) is 3.87. The fourth-order valence-corrected chi connectivity index (χ4v) is 1.57. The summed E-state index contributed by atoms with van der Waals surface area (Å²) in [5.41, 5.74) is 0. The van der Waals surface area contributed by atoms with Gasteiger partial charge in [-0.3, -0.25) is 0 Å². The molecule has 14 heavy (non-hydrogen) atoms. The number of nitrogens with one attached hydrogen (secondary N) is 1. The van der Waals surface area contributed by atoms with Crippen LogP contribution in [0.4, 0.5) is 5.82 Å². The number of aromatic nitrogens is 1. The van der Waals surface area contributed by atoms with Gasteiger partial charge in [0.05, 0.1) is 16.7 Å². The van der Waals surface area contributed by atoms with Crippen molar-refractivity contribution in [2.24, 2.45) is 0 Å². The van der Waals surface area contributed by atoms with Crippen molar-refractivity contribution in [1.82, 2.24) is 4.98 Å². The second kappa shape index (κ2) is 5.24. The molecule has 1 aromatic rings. The Bertz CT molecular complexity index is 345. The van der Waals surface area contributed by atoms with Gasteiger partial charge in [-0.2, -0.15) is 0 Å². The molecule has 0 saturated carbocycles. The summed E-state index contributed by atoms with van der Waals surface area (Å²) in [6, 6.07) is 0. The molecule has 0 aliphatic carbocycles. The molecule has 3 nitrogen and oxygen atoms in total. The van der Waals surface area contributed by atoms with E-state index in [9.17, 15) is 0 Å². The predicted molar refractivity (Wildman–Crippen MR) is 59.9 cm³/mol. The Morgan fingerprint density at radius 1 is 1.07 bits per heavy atom. The first-order valence-corrected chi connectivity index (χ1v) is 5.13. The van der Waals surface area contributed by atoms with Gasteiger partial charge in [0.25, 0.3) is 0 Å². The SMILES string of the molecule is OCCNc1nc(Cl)c(Cl)c(Cl)c1Cl. The van der Waals surface area contributed by atoms with Gasteiger partial charge in [-0.25, -0.2) is 4.98 Å². The number of anilines is 1. The minimum Gasteiger partial charge on any atom is -0.395 e. The fraction of sp³-hybridized carbons (Fsp3) is 0.286. The number of halogens is 4. The molecule has 1 rings (SSSR count). The zero-order valence-corrected chi connectivity index (χ0v) is 9.84. The molecule has 0 aromatic carbocycles. The van der Waals surface area contributed by atoms with E-state index in [1.165, 1.54) is 0 Å². The van der Waals surface area contributed by atoms with Gasteiger partial charge in [0.1, 0.15) is 10.8 Å². The van der Waals surface area contributed by atoms with Crippen molar-refractivity contribution >= 4 is 52.2 Å². The van der Waals surface area contributed by atoms with Crippen molar-refractivity contribution in [3.05, 3.63) is 20.2 Å². The molecule has 0 spiro atoms. The average molecular weight is 276 g/mol. The highest BCUT2D eigenvalue weighted by Gasteiger charge is 2.14. The van der Waals surface area contributed by atoms with E-state index in [1.54, 1.807) is 0 Å². The molecule has 0 saturated heterocycles. The van der Waals surface area contributed by atoms with Gasteiger partial charge in [0.2, 0.25) is 0 Å². The second-order valence-corrected chi connectivity index (χ2v) is 3.84. The van der Waals surface area contributed by atoms with Gasteiger partial charge in [-0.05, 0) is 0 Å². The van der Waals surface area contributed by atoms with Crippen molar-refractivity contribution < 1.29 is 5.11 Å². The summed E-state index contributed by atoms with van der Waals surface area (Å²) >= 11 is 23.0. The standard InChI is InChI=1S/C7H6Cl4N2O/c8-3-4(9)6(11)13-7(5(3)10)12-1-2-14/h14H,1-2H2,(H,12,13). The molecule has 0 fully saturated rings. The molecule has 0 aliphatic rings. The Balaban J connectivity index is 3.06. The van der Waals surface area contributed by atoms with E-state index in [4.69, 9.17) is 51.5 Å². The summed E-state index contributed by atoms with van der Waals surface area (Å²) in [6.07, 6.45) is 0. The normalized spacial score (nSPS) is 10.4. The molecular formula is C7H6Cl4N2O. The number of rotatable bonds is 3. The molecule has 0 radical (unpaired) electrons. The van der Waals surface area contributed by atoms with Crippen molar-refractivity contribution in [3.63, 3.8) is 0 Å². The molecule has 1 heterocycles. The van der Waals surface area contributed by atoms with Crippen LogP contribution in [0.3, 0.4) is 0 Å². The third-order valence-corrected chi connectivity index (χ3v) is 3.07. The molecule has 1 aromatic heterocycles. The molecule has 2 N–H and O–H groups in total. The van der Waals surface area contributed by atoms with E-state index in [0.29, 0.717) is 12.4 Å². The van der Waals surface area contributed by atoms with Crippen LogP contribution < -0.4 is 5.32 Å². The molecular weight excluding hydrogens is 270 g/mol. The Kier molecular flexibility index (Phi) is 4.54. The lowest BCUT2D eigenvalue weighted by molar-refractivity contribution is 0.311. The van der Waals surface area contributed by atoms with Crippen LogP contribution in [0.15, 0.2) is 0 Å². The molecule has 7 heteroatoms. The first kappa shape index (κ1) is 12.1. The quantitative estimate of drug-likeness (QED) is 0.834. The first-order valence-electron chi connectivity index (χ1n) is 3.62. The van der Waals surface area contributed by atoms with Gasteiger partial charge >= 0.3 is 0 Å². The number of aliphatic hydroxyl groups is 1. The second-order valence-electron chi connectivity index (χ2n) is 2.34. The van der Waals surface area contributed by atoms with Crippen LogP contribution in [0.1, 0.15) is 0 Å². The number of hydrogen-bond acceptors (Lipinski definition) is 3. The van der Waals surface area contributed by atoms with Crippen molar-refractivity contribution in [3.8, 4) is 0 Å². The van der Waals surface area contributed by atoms with Crippen LogP contribution in [-0.2, 0) is 0 Å². The van der Waals surface area contributed by atoms with Gasteiger partial charge in [0, 0.05) is 6.54 Å². The molecule has 0 amide bonds. The zero-order chi connectivity index (χ0) is 10.7. The highest BCUT2D eigenvalue weighted by Crippen LogP contribution is 2.38. The predicted octanol–water partition coefficient (Wildman–Crippen LogP) is 3.10. The summed E-state index contributed by atoms with van der Waals surface area (Å²) in [6.45, 7) is 0.261. The van der Waals surface area contributed by atoms with Gasteiger partial charge in [-0.15, -0.1) is 0 Å². The molecule has 0 bridgehead atoms. The minimum absolute atomic E-state index is 0.0458. The molecule has 0 atom stereocenters. The number of nitrogens with zero attached hydrogens (tertiary/aromatic N) is 1. The van der Waals surface area contributed by atoms with Crippen LogP contribution in [0.2, 0.25) is 20.2 Å².